The molecule has 0 saturated carbocycles. The molecule has 0 aromatic carbocycles. The molecule has 2 aliphatic heterocycles. The average molecular weight is 200 g/mol. The maximum Gasteiger partial charge on any atom is 0.116 e. The second-order valence-corrected chi connectivity index (χ2v) is 4.84. The summed E-state index contributed by atoms with van der Waals surface area (Å²) >= 11 is 0. The number of alkyl halides is 1. The van der Waals surface area contributed by atoms with Crippen molar-refractivity contribution < 1.29 is 4.39 Å². The molecule has 2 fully saturated rings. The zero-order chi connectivity index (χ0) is 10.1. The summed E-state index contributed by atoms with van der Waals surface area (Å²) in [5.41, 5.74) is 0. The van der Waals surface area contributed by atoms with Gasteiger partial charge in [-0.25, -0.2) is 4.39 Å². The Kier molecular flexibility index (Phi) is 3.07. The Morgan fingerprint density at radius 2 is 2.00 bits per heavy atom. The lowest BCUT2D eigenvalue weighted by Crippen LogP contribution is -2.60. The zero-order valence-corrected chi connectivity index (χ0v) is 9.25. The third-order valence-electron chi connectivity index (χ3n) is 3.79. The first-order chi connectivity index (χ1) is 6.70. The van der Waals surface area contributed by atoms with Crippen molar-refractivity contribution in [2.45, 2.75) is 32.0 Å². The molecule has 0 bridgehead atoms. The highest BCUT2D eigenvalue weighted by Crippen LogP contribution is 2.26. The molecule has 0 aromatic rings. The Bertz CT molecular complexity index is 192. The lowest BCUT2D eigenvalue weighted by molar-refractivity contribution is -0.00406. The Morgan fingerprint density at radius 1 is 1.29 bits per heavy atom. The normalized spacial score (nSPS) is 37.1. The molecule has 14 heavy (non-hydrogen) atoms. The maximum absolute atomic E-state index is 13.7. The van der Waals surface area contributed by atoms with E-state index in [0.29, 0.717) is 18.5 Å². The zero-order valence-electron chi connectivity index (χ0n) is 9.25. The summed E-state index contributed by atoms with van der Waals surface area (Å²) < 4.78 is 13.7. The second kappa shape index (κ2) is 4.15. The van der Waals surface area contributed by atoms with Gasteiger partial charge in [0, 0.05) is 25.7 Å². The lowest BCUT2D eigenvalue weighted by Gasteiger charge is -2.47. The van der Waals surface area contributed by atoms with Gasteiger partial charge >= 0.3 is 0 Å². The van der Waals surface area contributed by atoms with Crippen LogP contribution in [-0.2, 0) is 0 Å². The molecule has 3 heteroatoms. The Balaban J connectivity index is 1.81. The Labute approximate surface area is 86.1 Å². The van der Waals surface area contributed by atoms with Crippen LogP contribution in [0.15, 0.2) is 0 Å². The van der Waals surface area contributed by atoms with Gasteiger partial charge in [-0.1, -0.05) is 13.3 Å². The fourth-order valence-corrected chi connectivity index (χ4v) is 2.67. The third-order valence-corrected chi connectivity index (χ3v) is 3.79. The third kappa shape index (κ3) is 1.94. The summed E-state index contributed by atoms with van der Waals surface area (Å²) in [5, 5.41) is 0. The minimum Gasteiger partial charge on any atom is -0.303 e. The van der Waals surface area contributed by atoms with Crippen LogP contribution in [0.2, 0.25) is 0 Å². The Hall–Kier alpha value is -0.150. The van der Waals surface area contributed by atoms with Crippen LogP contribution in [-0.4, -0.2) is 55.2 Å². The highest BCUT2D eigenvalue weighted by atomic mass is 19.1. The van der Waals surface area contributed by atoms with Crippen LogP contribution in [0.25, 0.3) is 0 Å². The summed E-state index contributed by atoms with van der Waals surface area (Å²) in [5.74, 6) is 0.323. The molecule has 0 radical (unpaired) electrons. The summed E-state index contributed by atoms with van der Waals surface area (Å²) in [6, 6.07) is 0.635. The molecule has 0 aliphatic carbocycles. The first kappa shape index (κ1) is 10.4. The van der Waals surface area contributed by atoms with E-state index in [1.54, 1.807) is 0 Å². The molecule has 2 heterocycles. The minimum absolute atomic E-state index is 0.323. The van der Waals surface area contributed by atoms with Crippen molar-refractivity contribution in [1.82, 2.24) is 9.80 Å². The largest absolute Gasteiger partial charge is 0.303 e. The maximum atomic E-state index is 13.7. The summed E-state index contributed by atoms with van der Waals surface area (Å²) in [6.07, 6.45) is 1.47. The predicted octanol–water partition coefficient (Wildman–Crippen LogP) is 1.37. The molecule has 2 rings (SSSR count). The molecule has 2 aliphatic rings. The monoisotopic (exact) mass is 200 g/mol. The average Bonchev–Trinajstić information content (AvgIpc) is 2.13. The van der Waals surface area contributed by atoms with Crippen molar-refractivity contribution in [3.8, 4) is 0 Å². The van der Waals surface area contributed by atoms with Crippen LogP contribution in [0.5, 0.6) is 0 Å². The summed E-state index contributed by atoms with van der Waals surface area (Å²) in [4.78, 5) is 4.64. The number of piperidine rings is 1. The predicted molar refractivity (Wildman–Crippen MR) is 56.2 cm³/mol. The molecule has 82 valence electrons. The van der Waals surface area contributed by atoms with Gasteiger partial charge in [-0.15, -0.1) is 0 Å². The standard InChI is InChI=1S/C11H21FN2/c1-3-9-4-5-14(8-11(9)12)10-6-13(2)7-10/h9-11H,3-8H2,1-2H3/t9-,11-/m1/s1. The first-order valence-corrected chi connectivity index (χ1v) is 5.77. The molecule has 2 atom stereocenters. The van der Waals surface area contributed by atoms with Gasteiger partial charge in [-0.3, -0.25) is 4.90 Å². The van der Waals surface area contributed by atoms with Gasteiger partial charge in [0.05, 0.1) is 0 Å². The van der Waals surface area contributed by atoms with Gasteiger partial charge in [0.25, 0.3) is 0 Å². The molecule has 0 amide bonds. The van der Waals surface area contributed by atoms with E-state index < -0.39 is 6.17 Å². The van der Waals surface area contributed by atoms with E-state index >= 15 is 0 Å². The molecule has 0 aromatic heterocycles. The second-order valence-electron chi connectivity index (χ2n) is 4.84. The van der Waals surface area contributed by atoms with Gasteiger partial charge in [-0.2, -0.15) is 0 Å². The summed E-state index contributed by atoms with van der Waals surface area (Å²) in [7, 11) is 2.13. The Morgan fingerprint density at radius 3 is 2.50 bits per heavy atom. The van der Waals surface area contributed by atoms with Crippen molar-refractivity contribution >= 4 is 0 Å². The van der Waals surface area contributed by atoms with E-state index in [1.165, 1.54) is 0 Å². The van der Waals surface area contributed by atoms with Crippen molar-refractivity contribution in [2.24, 2.45) is 5.92 Å². The lowest BCUT2D eigenvalue weighted by atomic mass is 9.91. The number of halogens is 1. The van der Waals surface area contributed by atoms with Crippen LogP contribution in [0.4, 0.5) is 4.39 Å². The van der Waals surface area contributed by atoms with E-state index in [9.17, 15) is 4.39 Å². The first-order valence-electron chi connectivity index (χ1n) is 5.77. The van der Waals surface area contributed by atoms with Crippen molar-refractivity contribution in [2.75, 3.05) is 33.2 Å². The van der Waals surface area contributed by atoms with E-state index in [2.05, 4.69) is 23.8 Å². The number of rotatable bonds is 2. The quantitative estimate of drug-likeness (QED) is 0.664. The highest BCUT2D eigenvalue weighted by Gasteiger charge is 2.35. The van der Waals surface area contributed by atoms with Gasteiger partial charge in [0.2, 0.25) is 0 Å². The van der Waals surface area contributed by atoms with E-state index in [-0.39, 0.29) is 0 Å². The fraction of sp³-hybridized carbons (Fsp3) is 1.00. The van der Waals surface area contributed by atoms with E-state index in [4.69, 9.17) is 0 Å². The van der Waals surface area contributed by atoms with Gasteiger partial charge in [-0.05, 0) is 25.9 Å². The molecule has 0 spiro atoms. The van der Waals surface area contributed by atoms with Crippen molar-refractivity contribution in [3.63, 3.8) is 0 Å². The van der Waals surface area contributed by atoms with Crippen LogP contribution < -0.4 is 0 Å². The molecule has 2 nitrogen and oxygen atoms in total. The number of nitrogens with zero attached hydrogens (tertiary/aromatic N) is 2. The smallest absolute Gasteiger partial charge is 0.116 e. The minimum atomic E-state index is -0.584. The summed E-state index contributed by atoms with van der Waals surface area (Å²) in [6.45, 7) is 6.14. The molecular formula is C11H21FN2. The topological polar surface area (TPSA) is 6.48 Å². The SMILES string of the molecule is CC[C@@H]1CCN(C2CN(C)C2)C[C@H]1F. The van der Waals surface area contributed by atoms with Gasteiger partial charge < -0.3 is 4.90 Å². The number of hydrogen-bond acceptors (Lipinski definition) is 2. The van der Waals surface area contributed by atoms with Crippen LogP contribution in [0.3, 0.4) is 0 Å². The van der Waals surface area contributed by atoms with Crippen molar-refractivity contribution in [1.29, 1.82) is 0 Å². The van der Waals surface area contributed by atoms with Crippen LogP contribution >= 0.6 is 0 Å². The highest BCUT2D eigenvalue weighted by molar-refractivity contribution is 4.90. The van der Waals surface area contributed by atoms with Crippen LogP contribution in [0, 0.1) is 5.92 Å². The van der Waals surface area contributed by atoms with E-state index in [1.807, 2.05) is 0 Å². The molecule has 2 saturated heterocycles. The van der Waals surface area contributed by atoms with Gasteiger partial charge in [0.15, 0.2) is 0 Å². The van der Waals surface area contributed by atoms with Crippen molar-refractivity contribution in [3.05, 3.63) is 0 Å². The van der Waals surface area contributed by atoms with Gasteiger partial charge in [0.1, 0.15) is 6.17 Å². The van der Waals surface area contributed by atoms with Crippen LogP contribution in [0.1, 0.15) is 19.8 Å². The fourth-order valence-electron chi connectivity index (χ4n) is 2.67. The number of hydrogen-bond donors (Lipinski definition) is 0. The number of likely N-dealkylation sites (tertiary alicyclic amines) is 2. The van der Waals surface area contributed by atoms with E-state index in [0.717, 1.165) is 32.5 Å². The molecule has 0 unspecified atom stereocenters. The number of likely N-dealkylation sites (N-methyl/N-ethyl adjacent to an activating group) is 1. The molecule has 0 N–H and O–H groups in total. The molecular weight excluding hydrogens is 179 g/mol.